The van der Waals surface area contributed by atoms with Crippen molar-refractivity contribution in [2.75, 3.05) is 7.11 Å². The zero-order chi connectivity index (χ0) is 16.0. The molecule has 0 aliphatic carbocycles. The van der Waals surface area contributed by atoms with Crippen LogP contribution in [-0.2, 0) is 14.3 Å². The zero-order valence-electron chi connectivity index (χ0n) is 13.8. The summed E-state index contributed by atoms with van der Waals surface area (Å²) in [6.07, 6.45) is 16.7. The number of ether oxygens (including phenoxy) is 2. The molecular weight excluding hydrogens is 276 g/mol. The van der Waals surface area contributed by atoms with Gasteiger partial charge in [0.25, 0.3) is 0 Å². The molecule has 0 aromatic heterocycles. The fourth-order valence-corrected chi connectivity index (χ4v) is 2.13. The molecule has 0 aromatic carbocycles. The quantitative estimate of drug-likeness (QED) is 0.200. The van der Waals surface area contributed by atoms with Gasteiger partial charge in [-0.3, -0.25) is 4.79 Å². The molecule has 0 spiro atoms. The van der Waals surface area contributed by atoms with Gasteiger partial charge in [0, 0.05) is 19.3 Å². The summed E-state index contributed by atoms with van der Waals surface area (Å²) in [5, 5.41) is 0. The lowest BCUT2D eigenvalue weighted by Gasteiger charge is -1.95. The van der Waals surface area contributed by atoms with Crippen molar-refractivity contribution < 1.29 is 14.3 Å². The summed E-state index contributed by atoms with van der Waals surface area (Å²) in [6, 6.07) is 0. The van der Waals surface area contributed by atoms with Crippen molar-refractivity contribution in [2.45, 2.75) is 70.5 Å². The van der Waals surface area contributed by atoms with Gasteiger partial charge in [-0.25, -0.2) is 0 Å². The first kappa shape index (κ1) is 18.5. The van der Waals surface area contributed by atoms with Crippen molar-refractivity contribution in [1.82, 2.24) is 0 Å². The van der Waals surface area contributed by atoms with Crippen molar-refractivity contribution in [3.63, 3.8) is 0 Å². The van der Waals surface area contributed by atoms with Crippen molar-refractivity contribution in [3.8, 4) is 11.8 Å². The molecule has 1 rings (SSSR count). The number of epoxide rings is 1. The van der Waals surface area contributed by atoms with E-state index in [0.717, 1.165) is 44.9 Å². The molecule has 0 radical (unpaired) electrons. The molecule has 122 valence electrons. The third kappa shape index (κ3) is 9.41. The van der Waals surface area contributed by atoms with Crippen LogP contribution in [0.15, 0.2) is 24.3 Å². The van der Waals surface area contributed by atoms with E-state index in [0.29, 0.717) is 18.6 Å². The number of methoxy groups -OCH3 is 1. The normalized spacial score (nSPS) is 20.1. The minimum Gasteiger partial charge on any atom is -0.469 e. The van der Waals surface area contributed by atoms with E-state index in [-0.39, 0.29) is 5.97 Å². The second-order valence-electron chi connectivity index (χ2n) is 5.38. The Bertz CT molecular complexity index is 426. The Morgan fingerprint density at radius 2 is 1.95 bits per heavy atom. The fraction of sp³-hybridized carbons (Fsp3) is 0.632. The number of allylic oxidation sites excluding steroid dienone is 3. The van der Waals surface area contributed by atoms with Gasteiger partial charge < -0.3 is 9.47 Å². The molecule has 0 N–H and O–H groups in total. The van der Waals surface area contributed by atoms with Crippen molar-refractivity contribution in [3.05, 3.63) is 24.3 Å². The number of rotatable bonds is 10. The number of hydrogen-bond acceptors (Lipinski definition) is 3. The van der Waals surface area contributed by atoms with Crippen molar-refractivity contribution in [2.24, 2.45) is 0 Å². The summed E-state index contributed by atoms with van der Waals surface area (Å²) in [6.45, 7) is 2.16. The van der Waals surface area contributed by atoms with Crippen LogP contribution in [0, 0.1) is 11.8 Å². The lowest BCUT2D eigenvalue weighted by Crippen LogP contribution is -1.98. The molecule has 1 fully saturated rings. The molecule has 2 unspecified atom stereocenters. The predicted molar refractivity (Wildman–Crippen MR) is 89.3 cm³/mol. The van der Waals surface area contributed by atoms with E-state index in [4.69, 9.17) is 4.74 Å². The van der Waals surface area contributed by atoms with Crippen LogP contribution in [0.2, 0.25) is 0 Å². The highest BCUT2D eigenvalue weighted by atomic mass is 16.6. The minimum absolute atomic E-state index is 0.137. The summed E-state index contributed by atoms with van der Waals surface area (Å²) in [4.78, 5) is 10.9. The fourth-order valence-electron chi connectivity index (χ4n) is 2.13. The Labute approximate surface area is 134 Å². The van der Waals surface area contributed by atoms with Crippen LogP contribution in [0.4, 0.5) is 0 Å². The molecule has 22 heavy (non-hydrogen) atoms. The van der Waals surface area contributed by atoms with Gasteiger partial charge >= 0.3 is 5.97 Å². The molecule has 0 bridgehead atoms. The number of unbranched alkanes of at least 4 members (excludes halogenated alkanes) is 2. The molecule has 1 heterocycles. The molecule has 1 aliphatic rings. The van der Waals surface area contributed by atoms with Crippen LogP contribution in [0.5, 0.6) is 0 Å². The molecule has 0 saturated carbocycles. The highest BCUT2D eigenvalue weighted by Crippen LogP contribution is 2.28. The maximum Gasteiger partial charge on any atom is 0.305 e. The second-order valence-corrected chi connectivity index (χ2v) is 5.38. The van der Waals surface area contributed by atoms with E-state index in [1.165, 1.54) is 7.11 Å². The van der Waals surface area contributed by atoms with E-state index in [1.807, 2.05) is 0 Å². The third-order valence-electron chi connectivity index (χ3n) is 3.57. The average molecular weight is 304 g/mol. The summed E-state index contributed by atoms with van der Waals surface area (Å²) in [5.74, 6) is 6.11. The molecule has 0 aromatic rings. The van der Waals surface area contributed by atoms with Crippen LogP contribution >= 0.6 is 0 Å². The zero-order valence-corrected chi connectivity index (χ0v) is 13.8. The van der Waals surface area contributed by atoms with E-state index >= 15 is 0 Å². The standard InChI is InChI=1S/C19H28O3/c1-3-17-18(22-17)15-13-11-9-7-5-4-6-8-10-12-14-16-19(20)21-2/h5,7,11,13,17-18H,3-4,9-10,12,14-16H2,1-2H3/b7-5-,13-11-. The van der Waals surface area contributed by atoms with Crippen LogP contribution in [-0.4, -0.2) is 25.3 Å². The van der Waals surface area contributed by atoms with Gasteiger partial charge in [0.1, 0.15) is 0 Å². The number of esters is 1. The SMILES string of the molecule is CCC1OC1C/C=C\C/C=C\CC#CCCCCC(=O)OC. The monoisotopic (exact) mass is 304 g/mol. The Balaban J connectivity index is 1.90. The van der Waals surface area contributed by atoms with Gasteiger partial charge in [-0.1, -0.05) is 37.1 Å². The van der Waals surface area contributed by atoms with Gasteiger partial charge in [0.15, 0.2) is 0 Å². The smallest absolute Gasteiger partial charge is 0.305 e. The summed E-state index contributed by atoms with van der Waals surface area (Å²) in [7, 11) is 1.42. The molecule has 1 saturated heterocycles. The largest absolute Gasteiger partial charge is 0.469 e. The van der Waals surface area contributed by atoms with E-state index in [2.05, 4.69) is 47.8 Å². The summed E-state index contributed by atoms with van der Waals surface area (Å²) < 4.78 is 10.1. The van der Waals surface area contributed by atoms with E-state index in [1.54, 1.807) is 0 Å². The van der Waals surface area contributed by atoms with E-state index in [9.17, 15) is 4.79 Å². The van der Waals surface area contributed by atoms with Crippen LogP contribution in [0.25, 0.3) is 0 Å². The first-order chi connectivity index (χ1) is 10.8. The van der Waals surface area contributed by atoms with Gasteiger partial charge in [-0.2, -0.15) is 0 Å². The molecular formula is C19H28O3. The summed E-state index contributed by atoms with van der Waals surface area (Å²) in [5.41, 5.74) is 0. The number of carbonyl (C=O) groups excluding carboxylic acids is 1. The van der Waals surface area contributed by atoms with Gasteiger partial charge in [-0.05, 0) is 32.1 Å². The highest BCUT2D eigenvalue weighted by Gasteiger charge is 2.35. The molecule has 1 aliphatic heterocycles. The first-order valence-corrected chi connectivity index (χ1v) is 8.26. The molecule has 3 heteroatoms. The molecule has 0 amide bonds. The predicted octanol–water partition coefficient (Wildman–Crippen LogP) is 4.18. The Morgan fingerprint density at radius 3 is 2.68 bits per heavy atom. The van der Waals surface area contributed by atoms with E-state index < -0.39 is 0 Å². The van der Waals surface area contributed by atoms with Crippen LogP contribution in [0.1, 0.15) is 58.3 Å². The lowest BCUT2D eigenvalue weighted by atomic mass is 10.2. The average Bonchev–Trinajstić information content (AvgIpc) is 3.30. The van der Waals surface area contributed by atoms with Crippen molar-refractivity contribution >= 4 is 5.97 Å². The number of hydrogen-bond donors (Lipinski definition) is 0. The topological polar surface area (TPSA) is 38.8 Å². The van der Waals surface area contributed by atoms with Gasteiger partial charge in [0.2, 0.25) is 0 Å². The molecule has 2 atom stereocenters. The first-order valence-electron chi connectivity index (χ1n) is 8.26. The number of carbonyl (C=O) groups is 1. The lowest BCUT2D eigenvalue weighted by molar-refractivity contribution is -0.140. The minimum atomic E-state index is -0.137. The third-order valence-corrected chi connectivity index (χ3v) is 3.57. The maximum atomic E-state index is 10.9. The Hall–Kier alpha value is -1.53. The van der Waals surface area contributed by atoms with Crippen LogP contribution in [0.3, 0.4) is 0 Å². The second kappa shape index (κ2) is 12.1. The highest BCUT2D eigenvalue weighted by molar-refractivity contribution is 5.68. The van der Waals surface area contributed by atoms with Crippen LogP contribution < -0.4 is 0 Å². The Kier molecular flexibility index (Phi) is 10.1. The summed E-state index contributed by atoms with van der Waals surface area (Å²) >= 11 is 0. The van der Waals surface area contributed by atoms with Crippen molar-refractivity contribution in [1.29, 1.82) is 0 Å². The Morgan fingerprint density at radius 1 is 1.14 bits per heavy atom. The molecule has 3 nitrogen and oxygen atoms in total. The maximum absolute atomic E-state index is 10.9. The van der Waals surface area contributed by atoms with Gasteiger partial charge in [0.05, 0.1) is 19.3 Å². The van der Waals surface area contributed by atoms with Gasteiger partial charge in [-0.15, -0.1) is 5.92 Å².